The Labute approximate surface area is 223 Å². The second kappa shape index (κ2) is 19.7. The molecule has 0 aliphatic heterocycles. The van der Waals surface area contributed by atoms with Crippen LogP contribution in [0.3, 0.4) is 0 Å². The van der Waals surface area contributed by atoms with Crippen LogP contribution >= 0.6 is 0 Å². The molecule has 0 aromatic rings. The Hall–Kier alpha value is -4.48. The quantitative estimate of drug-likeness (QED) is 0.175. The van der Waals surface area contributed by atoms with Gasteiger partial charge in [-0.05, 0) is 30.4 Å². The van der Waals surface area contributed by atoms with E-state index in [1.54, 1.807) is 0 Å². The molecular formula is C26H38N6O6. The molecule has 208 valence electrons. The minimum atomic E-state index is -0.409. The summed E-state index contributed by atoms with van der Waals surface area (Å²) in [7, 11) is 0. The van der Waals surface area contributed by atoms with Crippen molar-refractivity contribution in [1.82, 2.24) is 30.7 Å². The third kappa shape index (κ3) is 14.2. The fourth-order valence-electron chi connectivity index (χ4n) is 3.05. The first kappa shape index (κ1) is 33.5. The van der Waals surface area contributed by atoms with Crippen LogP contribution in [0.15, 0.2) is 63.3 Å². The Morgan fingerprint density at radius 2 is 0.816 bits per heavy atom. The van der Waals surface area contributed by atoms with E-state index in [0.29, 0.717) is 0 Å². The predicted molar refractivity (Wildman–Crippen MR) is 144 cm³/mol. The molecule has 0 unspecified atom stereocenters. The van der Waals surface area contributed by atoms with Gasteiger partial charge in [-0.25, -0.2) is 0 Å². The fourth-order valence-corrected chi connectivity index (χ4v) is 3.05. The number of carbonyl (C=O) groups is 6. The first-order valence-electron chi connectivity index (χ1n) is 11.9. The highest BCUT2D eigenvalue weighted by Crippen LogP contribution is 1.99. The number of hydrogen-bond donors (Lipinski definition) is 3. The SMILES string of the molecule is C=CC(=O)NCCN(CCNC(=O)CCN(CCN(CCNC(=O)C=C)C(=O)C=C)C(=O)C=C)C(=O)C=C. The summed E-state index contributed by atoms with van der Waals surface area (Å²) in [5, 5.41) is 7.83. The molecule has 0 heterocycles. The van der Waals surface area contributed by atoms with Crippen molar-refractivity contribution >= 4 is 35.4 Å². The average molecular weight is 531 g/mol. The Balaban J connectivity index is 4.81. The van der Waals surface area contributed by atoms with E-state index in [4.69, 9.17) is 0 Å². The highest BCUT2D eigenvalue weighted by molar-refractivity contribution is 5.89. The van der Waals surface area contributed by atoms with Crippen molar-refractivity contribution in [2.75, 3.05) is 58.9 Å². The maximum atomic E-state index is 12.4. The average Bonchev–Trinajstić information content (AvgIpc) is 2.93. The fraction of sp³-hybridized carbons (Fsp3) is 0.385. The molecule has 0 aromatic carbocycles. The summed E-state index contributed by atoms with van der Waals surface area (Å²) >= 11 is 0. The summed E-state index contributed by atoms with van der Waals surface area (Å²) in [5.74, 6) is -2.21. The first-order chi connectivity index (χ1) is 18.1. The normalized spacial score (nSPS) is 9.68. The van der Waals surface area contributed by atoms with Crippen LogP contribution < -0.4 is 16.0 Å². The molecule has 0 saturated heterocycles. The zero-order valence-corrected chi connectivity index (χ0v) is 21.8. The molecule has 0 fully saturated rings. The molecule has 0 bridgehead atoms. The summed E-state index contributed by atoms with van der Waals surface area (Å²) in [5.41, 5.74) is 0. The van der Waals surface area contributed by atoms with Crippen LogP contribution in [0, 0.1) is 0 Å². The largest absolute Gasteiger partial charge is 0.354 e. The van der Waals surface area contributed by atoms with Crippen molar-refractivity contribution in [3.8, 4) is 0 Å². The van der Waals surface area contributed by atoms with Crippen LogP contribution in [0.25, 0.3) is 0 Å². The van der Waals surface area contributed by atoms with Gasteiger partial charge in [-0.1, -0.05) is 32.9 Å². The maximum absolute atomic E-state index is 12.4. The van der Waals surface area contributed by atoms with Gasteiger partial charge in [-0.2, -0.15) is 0 Å². The van der Waals surface area contributed by atoms with Gasteiger partial charge in [0, 0.05) is 65.3 Å². The Morgan fingerprint density at radius 3 is 1.18 bits per heavy atom. The van der Waals surface area contributed by atoms with E-state index in [9.17, 15) is 28.8 Å². The molecule has 12 heteroatoms. The van der Waals surface area contributed by atoms with Gasteiger partial charge >= 0.3 is 0 Å². The Kier molecular flexibility index (Phi) is 17.4. The van der Waals surface area contributed by atoms with E-state index in [0.717, 1.165) is 30.4 Å². The summed E-state index contributed by atoms with van der Waals surface area (Å²) < 4.78 is 0. The van der Waals surface area contributed by atoms with Crippen molar-refractivity contribution < 1.29 is 28.8 Å². The molecule has 0 spiro atoms. The van der Waals surface area contributed by atoms with E-state index in [1.165, 1.54) is 14.7 Å². The van der Waals surface area contributed by atoms with Gasteiger partial charge in [-0.3, -0.25) is 28.8 Å². The monoisotopic (exact) mass is 530 g/mol. The lowest BCUT2D eigenvalue weighted by Crippen LogP contribution is -2.44. The molecular weight excluding hydrogens is 492 g/mol. The van der Waals surface area contributed by atoms with Crippen LogP contribution in [-0.2, 0) is 28.8 Å². The zero-order chi connectivity index (χ0) is 28.9. The van der Waals surface area contributed by atoms with Crippen LogP contribution in [-0.4, -0.2) is 109 Å². The van der Waals surface area contributed by atoms with E-state index < -0.39 is 5.91 Å². The van der Waals surface area contributed by atoms with E-state index in [1.807, 2.05) is 0 Å². The molecule has 38 heavy (non-hydrogen) atoms. The molecule has 0 saturated carbocycles. The third-order valence-corrected chi connectivity index (χ3v) is 5.14. The highest BCUT2D eigenvalue weighted by atomic mass is 16.2. The van der Waals surface area contributed by atoms with E-state index in [2.05, 4.69) is 48.8 Å². The molecule has 0 radical (unpaired) electrons. The zero-order valence-electron chi connectivity index (χ0n) is 21.8. The molecule has 0 rings (SSSR count). The number of carbonyl (C=O) groups excluding carboxylic acids is 6. The van der Waals surface area contributed by atoms with Crippen molar-refractivity contribution in [1.29, 1.82) is 0 Å². The molecule has 12 nitrogen and oxygen atoms in total. The van der Waals surface area contributed by atoms with Crippen molar-refractivity contribution in [2.24, 2.45) is 0 Å². The lowest BCUT2D eigenvalue weighted by Gasteiger charge is -2.27. The van der Waals surface area contributed by atoms with E-state index in [-0.39, 0.29) is 94.9 Å². The predicted octanol–water partition coefficient (Wildman–Crippen LogP) is -0.859. The van der Waals surface area contributed by atoms with Crippen molar-refractivity contribution in [2.45, 2.75) is 6.42 Å². The smallest absolute Gasteiger partial charge is 0.246 e. The van der Waals surface area contributed by atoms with Crippen LogP contribution in [0.5, 0.6) is 0 Å². The third-order valence-electron chi connectivity index (χ3n) is 5.14. The molecule has 0 atom stereocenters. The van der Waals surface area contributed by atoms with Crippen LogP contribution in [0.2, 0.25) is 0 Å². The first-order valence-corrected chi connectivity index (χ1v) is 11.9. The highest BCUT2D eigenvalue weighted by Gasteiger charge is 2.17. The van der Waals surface area contributed by atoms with E-state index >= 15 is 0 Å². The topological polar surface area (TPSA) is 148 Å². The van der Waals surface area contributed by atoms with Crippen molar-refractivity contribution in [3.63, 3.8) is 0 Å². The summed E-state index contributed by atoms with van der Waals surface area (Å²) in [4.78, 5) is 75.6. The second-order valence-electron chi connectivity index (χ2n) is 7.68. The Morgan fingerprint density at radius 1 is 0.474 bits per heavy atom. The number of nitrogens with one attached hydrogen (secondary N) is 3. The Bertz CT molecular complexity index is 916. The molecule has 0 aromatic heterocycles. The summed E-state index contributed by atoms with van der Waals surface area (Å²) in [6.45, 7) is 18.6. The van der Waals surface area contributed by atoms with Crippen LogP contribution in [0.1, 0.15) is 6.42 Å². The summed E-state index contributed by atoms with van der Waals surface area (Å²) in [6, 6.07) is 0. The number of nitrogens with zero attached hydrogens (tertiary/aromatic N) is 3. The van der Waals surface area contributed by atoms with Gasteiger partial charge in [0.2, 0.25) is 35.4 Å². The van der Waals surface area contributed by atoms with Crippen LogP contribution in [0.4, 0.5) is 0 Å². The lowest BCUT2D eigenvalue weighted by atomic mass is 10.3. The number of amides is 6. The van der Waals surface area contributed by atoms with Gasteiger partial charge in [0.15, 0.2) is 0 Å². The molecule has 0 aliphatic carbocycles. The second-order valence-corrected chi connectivity index (χ2v) is 7.68. The standard InChI is InChI=1S/C26H38N6O6/c1-6-21(33)27-12-16-31(25(37)9-4)17-14-29-23(35)11-15-30(24(36)8-3)19-20-32(26(38)10-5)18-13-28-22(34)7-2/h6-10H,1-5,11-20H2,(H,27,33)(H,28,34)(H,29,35). The van der Waals surface area contributed by atoms with Gasteiger partial charge in [0.1, 0.15) is 0 Å². The maximum Gasteiger partial charge on any atom is 0.246 e. The van der Waals surface area contributed by atoms with Crippen molar-refractivity contribution in [3.05, 3.63) is 63.3 Å². The lowest BCUT2D eigenvalue weighted by molar-refractivity contribution is -0.131. The molecule has 0 aliphatic rings. The number of hydrogen-bond acceptors (Lipinski definition) is 6. The molecule has 6 amide bonds. The van der Waals surface area contributed by atoms with Gasteiger partial charge < -0.3 is 30.7 Å². The molecule has 3 N–H and O–H groups in total. The van der Waals surface area contributed by atoms with Gasteiger partial charge in [0.25, 0.3) is 0 Å². The van der Waals surface area contributed by atoms with Gasteiger partial charge in [0.05, 0.1) is 0 Å². The minimum absolute atomic E-state index is 0.0187. The minimum Gasteiger partial charge on any atom is -0.354 e. The summed E-state index contributed by atoms with van der Waals surface area (Å²) in [6.07, 6.45) is 5.62. The van der Waals surface area contributed by atoms with Gasteiger partial charge in [-0.15, -0.1) is 0 Å². The number of rotatable bonds is 20.